The number of carbonyl (C=O) groups excluding carboxylic acids is 1. The number of benzene rings is 2. The van der Waals surface area contributed by atoms with E-state index in [4.69, 9.17) is 14.2 Å². The van der Waals surface area contributed by atoms with E-state index in [-0.39, 0.29) is 30.9 Å². The highest BCUT2D eigenvalue weighted by Gasteiger charge is 2.46. The summed E-state index contributed by atoms with van der Waals surface area (Å²) in [6.45, 7) is 0.555. The molecule has 2 aromatic carbocycles. The first-order valence-electron chi connectivity index (χ1n) is 10.0. The number of halogens is 2. The average molecular weight is 435 g/mol. The highest BCUT2D eigenvalue weighted by atomic mass is 19.1. The van der Waals surface area contributed by atoms with Crippen LogP contribution in [-0.2, 0) is 17.8 Å². The van der Waals surface area contributed by atoms with Crippen molar-refractivity contribution in [3.05, 3.63) is 53.1 Å². The van der Waals surface area contributed by atoms with Crippen LogP contribution in [0, 0.1) is 17.0 Å². The second-order valence-corrected chi connectivity index (χ2v) is 7.68. The lowest BCUT2D eigenvalue weighted by Crippen LogP contribution is -2.37. The van der Waals surface area contributed by atoms with Crippen LogP contribution in [0.15, 0.2) is 30.3 Å². The van der Waals surface area contributed by atoms with E-state index >= 15 is 0 Å². The Labute approximate surface area is 180 Å². The fourth-order valence-corrected chi connectivity index (χ4v) is 4.22. The third-order valence-electron chi connectivity index (χ3n) is 5.83. The minimum atomic E-state index is -0.936. The van der Waals surface area contributed by atoms with E-state index in [1.807, 2.05) is 0 Å². The van der Waals surface area contributed by atoms with Gasteiger partial charge >= 0.3 is 0 Å². The maximum absolute atomic E-state index is 14.3. The first-order chi connectivity index (χ1) is 14.9. The molecule has 1 atom stereocenters. The van der Waals surface area contributed by atoms with E-state index in [0.717, 1.165) is 11.6 Å². The van der Waals surface area contributed by atoms with Crippen molar-refractivity contribution in [3.63, 3.8) is 0 Å². The quantitative estimate of drug-likeness (QED) is 0.655. The van der Waals surface area contributed by atoms with E-state index in [0.29, 0.717) is 36.8 Å². The molecule has 6 nitrogen and oxygen atoms in total. The van der Waals surface area contributed by atoms with Gasteiger partial charge in [0.15, 0.2) is 11.5 Å². The molecule has 1 amide bonds. The molecule has 1 aliphatic rings. The number of hydrogen-bond donors (Lipinski definition) is 1. The van der Waals surface area contributed by atoms with Crippen LogP contribution in [0.5, 0.6) is 17.2 Å². The van der Waals surface area contributed by atoms with Crippen molar-refractivity contribution in [2.24, 2.45) is 5.41 Å². The second kappa shape index (κ2) is 9.51. The molecule has 8 heteroatoms. The van der Waals surface area contributed by atoms with Crippen LogP contribution in [0.2, 0.25) is 0 Å². The smallest absolute Gasteiger partial charge is 0.229 e. The number of ether oxygens (including phenoxy) is 3. The van der Waals surface area contributed by atoms with Gasteiger partial charge in [-0.1, -0.05) is 6.07 Å². The van der Waals surface area contributed by atoms with Crippen LogP contribution in [-0.4, -0.2) is 50.4 Å². The van der Waals surface area contributed by atoms with Gasteiger partial charge in [-0.2, -0.15) is 0 Å². The Morgan fingerprint density at radius 1 is 1.06 bits per heavy atom. The number of rotatable bonds is 9. The van der Waals surface area contributed by atoms with Gasteiger partial charge in [0, 0.05) is 25.8 Å². The minimum Gasteiger partial charge on any atom is -0.493 e. The molecule has 0 spiro atoms. The van der Waals surface area contributed by atoms with E-state index < -0.39 is 17.0 Å². The predicted molar refractivity (Wildman–Crippen MR) is 110 cm³/mol. The van der Waals surface area contributed by atoms with Crippen LogP contribution in [0.1, 0.15) is 24.0 Å². The maximum Gasteiger partial charge on any atom is 0.229 e. The molecule has 0 aromatic heterocycles. The predicted octanol–water partition coefficient (Wildman–Crippen LogP) is 3.33. The molecule has 1 unspecified atom stereocenters. The summed E-state index contributed by atoms with van der Waals surface area (Å²) in [6.07, 6.45) is 0.770. The lowest BCUT2D eigenvalue weighted by Gasteiger charge is -2.28. The SMILES string of the molecule is COc1cc(CN2CCC(CCO)(Cc3ccc(F)cc3F)C2=O)cc(OC)c1OC. The Hall–Kier alpha value is -2.87. The van der Waals surface area contributed by atoms with Gasteiger partial charge in [0.25, 0.3) is 0 Å². The van der Waals surface area contributed by atoms with Crippen molar-refractivity contribution in [3.8, 4) is 17.2 Å². The number of aliphatic hydroxyl groups is 1. The Morgan fingerprint density at radius 3 is 2.29 bits per heavy atom. The number of carbonyl (C=O) groups is 1. The summed E-state index contributed by atoms with van der Waals surface area (Å²) in [5.41, 5.74) is 0.113. The molecule has 31 heavy (non-hydrogen) atoms. The van der Waals surface area contributed by atoms with Crippen LogP contribution in [0.4, 0.5) is 8.78 Å². The summed E-state index contributed by atoms with van der Waals surface area (Å²) in [5, 5.41) is 9.60. The van der Waals surface area contributed by atoms with Gasteiger partial charge in [-0.15, -0.1) is 0 Å². The number of nitrogens with zero attached hydrogens (tertiary/aromatic N) is 1. The first-order valence-corrected chi connectivity index (χ1v) is 10.0. The number of amides is 1. The molecule has 168 valence electrons. The molecule has 0 bridgehead atoms. The van der Waals surface area contributed by atoms with Crippen LogP contribution in [0.25, 0.3) is 0 Å². The average Bonchev–Trinajstić information content (AvgIpc) is 3.05. The molecule has 0 radical (unpaired) electrons. The van der Waals surface area contributed by atoms with E-state index in [1.54, 1.807) is 17.0 Å². The molecule has 1 fully saturated rings. The molecule has 0 saturated carbocycles. The molecule has 1 heterocycles. The molecular weight excluding hydrogens is 408 g/mol. The monoisotopic (exact) mass is 435 g/mol. The Kier molecular flexibility index (Phi) is 7.00. The first kappa shape index (κ1) is 22.8. The van der Waals surface area contributed by atoms with Crippen molar-refractivity contribution >= 4 is 5.91 Å². The zero-order chi connectivity index (χ0) is 22.6. The zero-order valence-corrected chi connectivity index (χ0v) is 17.9. The van der Waals surface area contributed by atoms with Gasteiger partial charge in [-0.25, -0.2) is 8.78 Å². The van der Waals surface area contributed by atoms with Gasteiger partial charge in [-0.05, 0) is 48.6 Å². The van der Waals surface area contributed by atoms with Crippen molar-refractivity contribution in [1.82, 2.24) is 4.90 Å². The van der Waals surface area contributed by atoms with Crippen molar-refractivity contribution < 1.29 is 32.9 Å². The summed E-state index contributed by atoms with van der Waals surface area (Å²) in [6, 6.07) is 6.91. The second-order valence-electron chi connectivity index (χ2n) is 7.68. The molecule has 1 aliphatic heterocycles. The highest BCUT2D eigenvalue weighted by molar-refractivity contribution is 5.85. The molecule has 3 rings (SSSR count). The van der Waals surface area contributed by atoms with Gasteiger partial charge < -0.3 is 24.2 Å². The molecular formula is C23H27F2NO5. The summed E-state index contributed by atoms with van der Waals surface area (Å²) in [4.78, 5) is 15.0. The van der Waals surface area contributed by atoms with Gasteiger partial charge in [0.2, 0.25) is 11.7 Å². The van der Waals surface area contributed by atoms with E-state index in [9.17, 15) is 18.7 Å². The fraction of sp³-hybridized carbons (Fsp3) is 0.435. The molecule has 0 aliphatic carbocycles. The zero-order valence-electron chi connectivity index (χ0n) is 17.9. The van der Waals surface area contributed by atoms with Gasteiger partial charge in [0.1, 0.15) is 11.6 Å². The number of likely N-dealkylation sites (tertiary alicyclic amines) is 1. The Balaban J connectivity index is 1.86. The standard InChI is InChI=1S/C23H27F2NO5/c1-29-19-10-15(11-20(30-2)21(19)31-3)14-26-8-6-23(7-9-27,22(26)28)13-16-4-5-17(24)12-18(16)25/h4-5,10-12,27H,6-9,13-14H2,1-3H3. The van der Waals surface area contributed by atoms with E-state index in [2.05, 4.69) is 0 Å². The fourth-order valence-electron chi connectivity index (χ4n) is 4.22. The van der Waals surface area contributed by atoms with E-state index in [1.165, 1.54) is 33.5 Å². The number of aliphatic hydroxyl groups excluding tert-OH is 1. The summed E-state index contributed by atoms with van der Waals surface area (Å²) in [7, 11) is 4.55. The van der Waals surface area contributed by atoms with Crippen LogP contribution in [0.3, 0.4) is 0 Å². The lowest BCUT2D eigenvalue weighted by molar-refractivity contribution is -0.137. The highest BCUT2D eigenvalue weighted by Crippen LogP contribution is 2.42. The number of methoxy groups -OCH3 is 3. The summed E-state index contributed by atoms with van der Waals surface area (Å²) < 4.78 is 43.6. The largest absolute Gasteiger partial charge is 0.493 e. The minimum absolute atomic E-state index is 0.101. The third-order valence-corrected chi connectivity index (χ3v) is 5.83. The number of hydrogen-bond acceptors (Lipinski definition) is 5. The summed E-state index contributed by atoms with van der Waals surface area (Å²) >= 11 is 0. The van der Waals surface area contributed by atoms with Gasteiger partial charge in [0.05, 0.1) is 26.7 Å². The summed E-state index contributed by atoms with van der Waals surface area (Å²) in [5.74, 6) is -0.0913. The topological polar surface area (TPSA) is 68.2 Å². The van der Waals surface area contributed by atoms with Crippen LogP contribution < -0.4 is 14.2 Å². The molecule has 1 saturated heterocycles. The van der Waals surface area contributed by atoms with Crippen molar-refractivity contribution in [2.75, 3.05) is 34.5 Å². The van der Waals surface area contributed by atoms with Crippen molar-refractivity contribution in [2.45, 2.75) is 25.8 Å². The van der Waals surface area contributed by atoms with Crippen LogP contribution >= 0.6 is 0 Å². The van der Waals surface area contributed by atoms with Crippen molar-refractivity contribution in [1.29, 1.82) is 0 Å². The third kappa shape index (κ3) is 4.58. The molecule has 1 N–H and O–H groups in total. The maximum atomic E-state index is 14.3. The lowest BCUT2D eigenvalue weighted by atomic mass is 9.77. The normalized spacial score (nSPS) is 18.4. The van der Waals surface area contributed by atoms with Gasteiger partial charge in [-0.3, -0.25) is 4.79 Å². The molecule has 2 aromatic rings. The Bertz CT molecular complexity index is 927. The Morgan fingerprint density at radius 2 is 1.74 bits per heavy atom.